The Kier molecular flexibility index (Phi) is 3.26. The number of rotatable bonds is 2. The van der Waals surface area contributed by atoms with Gasteiger partial charge in [-0.15, -0.1) is 0 Å². The van der Waals surface area contributed by atoms with Crippen LogP contribution in [0.4, 0.5) is 5.69 Å². The van der Waals surface area contributed by atoms with Crippen LogP contribution in [-0.2, 0) is 0 Å². The number of hydrogen-bond donors (Lipinski definition) is 0. The van der Waals surface area contributed by atoms with Crippen molar-refractivity contribution in [3.8, 4) is 17.2 Å². The fraction of sp³-hybridized carbons (Fsp3) is 0. The first-order valence-electron chi connectivity index (χ1n) is 5.05. The van der Waals surface area contributed by atoms with E-state index in [2.05, 4.69) is 0 Å². The lowest BCUT2D eigenvalue weighted by Gasteiger charge is -2.03. The monoisotopic (exact) mass is 258 g/mol. The number of benzene rings is 2. The Hall–Kier alpha value is -2.38. The predicted molar refractivity (Wildman–Crippen MR) is 68.3 cm³/mol. The molecule has 0 unspecified atom stereocenters. The summed E-state index contributed by atoms with van der Waals surface area (Å²) < 4.78 is 0. The van der Waals surface area contributed by atoms with E-state index in [1.54, 1.807) is 30.3 Å². The minimum atomic E-state index is -0.459. The molecule has 0 radical (unpaired) electrons. The molecule has 0 bridgehead atoms. The third-order valence-corrected chi connectivity index (χ3v) is 2.64. The summed E-state index contributed by atoms with van der Waals surface area (Å²) >= 11 is 5.90. The van der Waals surface area contributed by atoms with Gasteiger partial charge in [0.1, 0.15) is 0 Å². The number of nitro benzene ring substituents is 1. The third kappa shape index (κ3) is 2.47. The van der Waals surface area contributed by atoms with E-state index in [-0.39, 0.29) is 5.69 Å². The first-order valence-corrected chi connectivity index (χ1v) is 5.43. The molecule has 0 N–H and O–H groups in total. The van der Waals surface area contributed by atoms with Gasteiger partial charge in [0, 0.05) is 17.2 Å². The number of nitro groups is 1. The third-order valence-electron chi connectivity index (χ3n) is 2.42. The maximum Gasteiger partial charge on any atom is 0.270 e. The van der Waals surface area contributed by atoms with Crippen molar-refractivity contribution in [2.24, 2.45) is 0 Å². The highest BCUT2D eigenvalue weighted by Crippen LogP contribution is 2.27. The van der Waals surface area contributed by atoms with Crippen LogP contribution in [0.25, 0.3) is 11.1 Å². The van der Waals surface area contributed by atoms with Crippen LogP contribution in [0.2, 0.25) is 5.02 Å². The van der Waals surface area contributed by atoms with E-state index in [1.165, 1.54) is 12.1 Å². The van der Waals surface area contributed by atoms with Crippen molar-refractivity contribution >= 4 is 17.3 Å². The average molecular weight is 259 g/mol. The van der Waals surface area contributed by atoms with Crippen molar-refractivity contribution in [3.63, 3.8) is 0 Å². The number of nitriles is 1. The molecule has 0 heterocycles. The average Bonchev–Trinajstić information content (AvgIpc) is 2.38. The lowest BCUT2D eigenvalue weighted by atomic mass is 10.0. The SMILES string of the molecule is N#Cc1cc(Cl)cc(-c2cccc([N+](=O)[O-])c2)c1. The van der Waals surface area contributed by atoms with Crippen LogP contribution < -0.4 is 0 Å². The van der Waals surface area contributed by atoms with E-state index in [9.17, 15) is 10.1 Å². The lowest BCUT2D eigenvalue weighted by molar-refractivity contribution is -0.384. The minimum Gasteiger partial charge on any atom is -0.258 e. The van der Waals surface area contributed by atoms with Gasteiger partial charge >= 0.3 is 0 Å². The van der Waals surface area contributed by atoms with Gasteiger partial charge < -0.3 is 0 Å². The molecule has 0 spiro atoms. The molecular weight excluding hydrogens is 252 g/mol. The highest BCUT2D eigenvalue weighted by Gasteiger charge is 2.08. The maximum atomic E-state index is 10.7. The van der Waals surface area contributed by atoms with Gasteiger partial charge in [-0.25, -0.2) is 0 Å². The van der Waals surface area contributed by atoms with Gasteiger partial charge in [0.25, 0.3) is 5.69 Å². The Morgan fingerprint density at radius 2 is 1.94 bits per heavy atom. The van der Waals surface area contributed by atoms with Crippen LogP contribution in [0.15, 0.2) is 42.5 Å². The van der Waals surface area contributed by atoms with Crippen LogP contribution >= 0.6 is 11.6 Å². The standard InChI is InChI=1S/C13H7ClN2O2/c14-12-5-9(8-15)4-11(6-12)10-2-1-3-13(7-10)16(17)18/h1-7H. The molecule has 0 saturated carbocycles. The van der Waals surface area contributed by atoms with Crippen LogP contribution in [0.3, 0.4) is 0 Å². The minimum absolute atomic E-state index is 0.00554. The predicted octanol–water partition coefficient (Wildman–Crippen LogP) is 3.79. The van der Waals surface area contributed by atoms with Gasteiger partial charge in [0.15, 0.2) is 0 Å². The Balaban J connectivity index is 2.55. The van der Waals surface area contributed by atoms with Gasteiger partial charge in [0.05, 0.1) is 16.6 Å². The van der Waals surface area contributed by atoms with Gasteiger partial charge in [0.2, 0.25) is 0 Å². The summed E-state index contributed by atoms with van der Waals surface area (Å²) in [4.78, 5) is 10.2. The zero-order valence-electron chi connectivity index (χ0n) is 9.13. The van der Waals surface area contributed by atoms with Crippen molar-refractivity contribution in [1.82, 2.24) is 0 Å². The van der Waals surface area contributed by atoms with Crippen LogP contribution in [-0.4, -0.2) is 4.92 Å². The summed E-state index contributed by atoms with van der Waals surface area (Å²) in [5, 5.41) is 20.0. The largest absolute Gasteiger partial charge is 0.270 e. The molecule has 0 amide bonds. The van der Waals surface area contributed by atoms with Crippen molar-refractivity contribution < 1.29 is 4.92 Å². The van der Waals surface area contributed by atoms with Gasteiger partial charge in [-0.3, -0.25) is 10.1 Å². The Bertz CT molecular complexity index is 662. The van der Waals surface area contributed by atoms with E-state index in [1.807, 2.05) is 6.07 Å². The van der Waals surface area contributed by atoms with Gasteiger partial charge in [-0.2, -0.15) is 5.26 Å². The topological polar surface area (TPSA) is 66.9 Å². The van der Waals surface area contributed by atoms with Gasteiger partial charge in [-0.05, 0) is 29.3 Å². The summed E-state index contributed by atoms with van der Waals surface area (Å²) in [6, 6.07) is 13.1. The molecular formula is C13H7ClN2O2. The second-order valence-electron chi connectivity index (χ2n) is 3.65. The van der Waals surface area contributed by atoms with Crippen molar-refractivity contribution in [2.45, 2.75) is 0 Å². The maximum absolute atomic E-state index is 10.7. The van der Waals surface area contributed by atoms with Crippen LogP contribution in [0, 0.1) is 21.4 Å². The molecule has 0 aliphatic rings. The number of non-ortho nitro benzene ring substituents is 1. The normalized spacial score (nSPS) is 9.78. The van der Waals surface area contributed by atoms with E-state index in [0.717, 1.165) is 0 Å². The smallest absolute Gasteiger partial charge is 0.258 e. The van der Waals surface area contributed by atoms with Crippen molar-refractivity contribution in [1.29, 1.82) is 5.26 Å². The zero-order valence-corrected chi connectivity index (χ0v) is 9.89. The Labute approximate surface area is 108 Å². The summed E-state index contributed by atoms with van der Waals surface area (Å²) in [6.07, 6.45) is 0. The zero-order chi connectivity index (χ0) is 13.1. The van der Waals surface area contributed by atoms with E-state index in [0.29, 0.717) is 21.7 Å². The van der Waals surface area contributed by atoms with Crippen molar-refractivity contribution in [3.05, 3.63) is 63.2 Å². The quantitative estimate of drug-likeness (QED) is 0.608. The van der Waals surface area contributed by atoms with E-state index in [4.69, 9.17) is 16.9 Å². The number of halogens is 1. The second kappa shape index (κ2) is 4.86. The molecule has 0 aromatic heterocycles. The van der Waals surface area contributed by atoms with Crippen LogP contribution in [0.1, 0.15) is 5.56 Å². The number of hydrogen-bond acceptors (Lipinski definition) is 3. The highest BCUT2D eigenvalue weighted by molar-refractivity contribution is 6.31. The van der Waals surface area contributed by atoms with E-state index >= 15 is 0 Å². The second-order valence-corrected chi connectivity index (χ2v) is 4.08. The molecule has 0 saturated heterocycles. The van der Waals surface area contributed by atoms with Crippen LogP contribution in [0.5, 0.6) is 0 Å². The summed E-state index contributed by atoms with van der Waals surface area (Å²) in [6.45, 7) is 0. The molecule has 0 aliphatic heterocycles. The molecule has 18 heavy (non-hydrogen) atoms. The molecule has 4 nitrogen and oxygen atoms in total. The molecule has 5 heteroatoms. The summed E-state index contributed by atoms with van der Waals surface area (Å²) in [7, 11) is 0. The molecule has 2 aromatic rings. The molecule has 0 fully saturated rings. The lowest BCUT2D eigenvalue weighted by Crippen LogP contribution is -1.88. The molecule has 0 atom stereocenters. The Morgan fingerprint density at radius 1 is 1.17 bits per heavy atom. The molecule has 0 aliphatic carbocycles. The van der Waals surface area contributed by atoms with E-state index < -0.39 is 4.92 Å². The molecule has 2 rings (SSSR count). The van der Waals surface area contributed by atoms with Gasteiger partial charge in [-0.1, -0.05) is 23.7 Å². The summed E-state index contributed by atoms with van der Waals surface area (Å²) in [5.41, 5.74) is 1.76. The van der Waals surface area contributed by atoms with Crippen molar-refractivity contribution in [2.75, 3.05) is 0 Å². The molecule has 2 aromatic carbocycles. The number of nitrogens with zero attached hydrogens (tertiary/aromatic N) is 2. The molecule has 88 valence electrons. The fourth-order valence-corrected chi connectivity index (χ4v) is 1.85. The fourth-order valence-electron chi connectivity index (χ4n) is 1.62. The summed E-state index contributed by atoms with van der Waals surface area (Å²) in [5.74, 6) is 0. The first-order chi connectivity index (χ1) is 8.60. The first kappa shape index (κ1) is 12.1. The highest BCUT2D eigenvalue weighted by atomic mass is 35.5. The Morgan fingerprint density at radius 3 is 2.61 bits per heavy atom.